The van der Waals surface area contributed by atoms with Crippen molar-refractivity contribution in [2.45, 2.75) is 0 Å². The van der Waals surface area contributed by atoms with E-state index in [4.69, 9.17) is 4.42 Å². The Hall–Kier alpha value is -5.34. The molecule has 1 aromatic heterocycles. The lowest BCUT2D eigenvalue weighted by atomic mass is 9.90. The molecule has 0 radical (unpaired) electrons. The van der Waals surface area contributed by atoms with Gasteiger partial charge in [-0.2, -0.15) is 0 Å². The molecule has 188 valence electrons. The molecule has 2 heteroatoms. The molecular weight excluding hydrogens is 486 g/mol. The van der Waals surface area contributed by atoms with Crippen LogP contribution in [-0.4, -0.2) is 0 Å². The van der Waals surface area contributed by atoms with Crippen molar-refractivity contribution in [1.29, 1.82) is 0 Å². The van der Waals surface area contributed by atoms with E-state index < -0.39 is 0 Å². The molecule has 40 heavy (non-hydrogen) atoms. The molecule has 0 saturated heterocycles. The first-order valence-electron chi connectivity index (χ1n) is 13.6. The normalized spacial score (nSPS) is 11.5. The van der Waals surface area contributed by atoms with Crippen LogP contribution in [0.25, 0.3) is 65.7 Å². The molecule has 0 unspecified atom stereocenters. The second-order valence-electron chi connectivity index (χ2n) is 10.2. The monoisotopic (exact) mass is 511 g/mol. The Kier molecular flexibility index (Phi) is 5.17. The van der Waals surface area contributed by atoms with Crippen LogP contribution in [0.5, 0.6) is 0 Å². The number of para-hydroxylation sites is 2. The first-order valence-corrected chi connectivity index (χ1v) is 13.6. The van der Waals surface area contributed by atoms with Gasteiger partial charge in [0.1, 0.15) is 5.58 Å². The van der Waals surface area contributed by atoms with Gasteiger partial charge in [0.25, 0.3) is 0 Å². The third-order valence-electron chi connectivity index (χ3n) is 7.88. The summed E-state index contributed by atoms with van der Waals surface area (Å²) in [4.78, 5) is 0. The molecule has 0 saturated carbocycles. The van der Waals surface area contributed by atoms with E-state index >= 15 is 0 Å². The lowest BCUT2D eigenvalue weighted by molar-refractivity contribution is 0.670. The zero-order chi connectivity index (χ0) is 26.5. The molecule has 0 atom stereocenters. The second-order valence-corrected chi connectivity index (χ2v) is 10.2. The van der Waals surface area contributed by atoms with Crippen molar-refractivity contribution in [1.82, 2.24) is 0 Å². The van der Waals surface area contributed by atoms with Crippen molar-refractivity contribution in [3.05, 3.63) is 146 Å². The molecule has 0 aliphatic heterocycles. The van der Waals surface area contributed by atoms with E-state index in [1.807, 2.05) is 12.1 Å². The summed E-state index contributed by atoms with van der Waals surface area (Å²) in [5, 5.41) is 10.9. The van der Waals surface area contributed by atoms with Gasteiger partial charge in [0, 0.05) is 16.5 Å². The lowest BCUT2D eigenvalue weighted by Crippen LogP contribution is -1.91. The van der Waals surface area contributed by atoms with Gasteiger partial charge >= 0.3 is 0 Å². The molecule has 0 fully saturated rings. The second kappa shape index (κ2) is 9.14. The fourth-order valence-electron chi connectivity index (χ4n) is 5.98. The molecule has 8 rings (SSSR count). The average molecular weight is 512 g/mol. The molecule has 1 N–H and O–H groups in total. The summed E-state index contributed by atoms with van der Waals surface area (Å²) in [6.07, 6.45) is 0. The summed E-state index contributed by atoms with van der Waals surface area (Å²) in [6, 6.07) is 51.5. The average Bonchev–Trinajstić information content (AvgIpc) is 3.41. The van der Waals surface area contributed by atoms with Crippen LogP contribution in [0.4, 0.5) is 11.4 Å². The summed E-state index contributed by atoms with van der Waals surface area (Å²) < 4.78 is 6.21. The van der Waals surface area contributed by atoms with Crippen LogP contribution in [0.15, 0.2) is 150 Å². The number of rotatable bonds is 4. The van der Waals surface area contributed by atoms with E-state index in [1.165, 1.54) is 43.8 Å². The number of nitrogens with one attached hydrogen (secondary N) is 1. The Morgan fingerprint density at radius 3 is 1.85 bits per heavy atom. The van der Waals surface area contributed by atoms with Gasteiger partial charge in [-0.05, 0) is 68.1 Å². The van der Waals surface area contributed by atoms with Crippen LogP contribution in [0.2, 0.25) is 0 Å². The van der Waals surface area contributed by atoms with E-state index in [0.29, 0.717) is 0 Å². The maximum absolute atomic E-state index is 6.21. The molecular formula is C38H25NO. The number of hydrogen-bond acceptors (Lipinski definition) is 2. The Bertz CT molecular complexity index is 2180. The molecule has 7 aromatic carbocycles. The first kappa shape index (κ1) is 22.6. The Morgan fingerprint density at radius 2 is 1.00 bits per heavy atom. The summed E-state index contributed by atoms with van der Waals surface area (Å²) in [7, 11) is 0. The standard InChI is InChI=1S/C38H25NO/c1-2-11-28-25(9-1)10-7-15-31(28)33-24-23-29(30-12-3-4-13-32(30)33)26-19-21-27(22-20-26)39-36-17-8-16-35-34-14-5-6-18-37(34)40-38(35)36/h1-24,39H. The molecule has 1 heterocycles. The minimum atomic E-state index is 0.878. The summed E-state index contributed by atoms with van der Waals surface area (Å²) in [5.41, 5.74) is 8.70. The Labute approximate surface area is 232 Å². The number of benzene rings is 7. The van der Waals surface area contributed by atoms with Gasteiger partial charge < -0.3 is 9.73 Å². The number of fused-ring (bicyclic) bond motifs is 5. The highest BCUT2D eigenvalue weighted by Gasteiger charge is 2.13. The SMILES string of the molecule is c1ccc2c(-c3ccc(-c4ccc(Nc5cccc6c5oc5ccccc56)cc4)c4ccccc34)cccc2c1. The molecule has 0 aliphatic rings. The minimum Gasteiger partial charge on any atom is -0.454 e. The van der Waals surface area contributed by atoms with Crippen molar-refractivity contribution in [3.8, 4) is 22.3 Å². The third-order valence-corrected chi connectivity index (χ3v) is 7.88. The van der Waals surface area contributed by atoms with E-state index in [-0.39, 0.29) is 0 Å². The fraction of sp³-hybridized carbons (Fsp3) is 0. The summed E-state index contributed by atoms with van der Waals surface area (Å²) >= 11 is 0. The summed E-state index contributed by atoms with van der Waals surface area (Å²) in [5.74, 6) is 0. The smallest absolute Gasteiger partial charge is 0.158 e. The number of anilines is 2. The van der Waals surface area contributed by atoms with Gasteiger partial charge in [-0.3, -0.25) is 0 Å². The number of hydrogen-bond donors (Lipinski definition) is 1. The first-order chi connectivity index (χ1) is 19.8. The van der Waals surface area contributed by atoms with Crippen LogP contribution in [0.1, 0.15) is 0 Å². The predicted molar refractivity (Wildman–Crippen MR) is 169 cm³/mol. The van der Waals surface area contributed by atoms with Gasteiger partial charge in [0.05, 0.1) is 5.69 Å². The zero-order valence-electron chi connectivity index (χ0n) is 21.8. The fourth-order valence-corrected chi connectivity index (χ4v) is 5.98. The Balaban J connectivity index is 1.18. The molecule has 0 bridgehead atoms. The van der Waals surface area contributed by atoms with Crippen LogP contribution >= 0.6 is 0 Å². The van der Waals surface area contributed by atoms with Crippen LogP contribution < -0.4 is 5.32 Å². The van der Waals surface area contributed by atoms with Crippen molar-refractivity contribution in [2.75, 3.05) is 5.32 Å². The molecule has 2 nitrogen and oxygen atoms in total. The minimum absolute atomic E-state index is 0.878. The highest BCUT2D eigenvalue weighted by atomic mass is 16.3. The van der Waals surface area contributed by atoms with E-state index in [0.717, 1.165) is 33.3 Å². The van der Waals surface area contributed by atoms with Crippen LogP contribution in [0, 0.1) is 0 Å². The number of furan rings is 1. The quantitative estimate of drug-likeness (QED) is 0.254. The molecule has 0 amide bonds. The van der Waals surface area contributed by atoms with Crippen LogP contribution in [-0.2, 0) is 0 Å². The third kappa shape index (κ3) is 3.65. The van der Waals surface area contributed by atoms with Crippen molar-refractivity contribution in [3.63, 3.8) is 0 Å². The molecule has 0 aliphatic carbocycles. The largest absolute Gasteiger partial charge is 0.454 e. The van der Waals surface area contributed by atoms with Gasteiger partial charge in [-0.15, -0.1) is 0 Å². The zero-order valence-corrected chi connectivity index (χ0v) is 21.8. The molecule has 0 spiro atoms. The van der Waals surface area contributed by atoms with Crippen molar-refractivity contribution >= 4 is 54.9 Å². The van der Waals surface area contributed by atoms with Gasteiger partial charge in [0.2, 0.25) is 0 Å². The van der Waals surface area contributed by atoms with E-state index in [2.05, 4.69) is 139 Å². The Morgan fingerprint density at radius 1 is 0.400 bits per heavy atom. The van der Waals surface area contributed by atoms with Gasteiger partial charge in [-0.1, -0.05) is 121 Å². The maximum atomic E-state index is 6.21. The highest BCUT2D eigenvalue weighted by molar-refractivity contribution is 6.10. The van der Waals surface area contributed by atoms with E-state index in [9.17, 15) is 0 Å². The van der Waals surface area contributed by atoms with Crippen LogP contribution in [0.3, 0.4) is 0 Å². The van der Waals surface area contributed by atoms with E-state index in [1.54, 1.807) is 0 Å². The lowest BCUT2D eigenvalue weighted by Gasteiger charge is -2.14. The predicted octanol–water partition coefficient (Wildman–Crippen LogP) is 11.0. The maximum Gasteiger partial charge on any atom is 0.158 e. The molecule has 8 aromatic rings. The van der Waals surface area contributed by atoms with Gasteiger partial charge in [-0.25, -0.2) is 0 Å². The van der Waals surface area contributed by atoms with Crippen molar-refractivity contribution in [2.24, 2.45) is 0 Å². The highest BCUT2D eigenvalue weighted by Crippen LogP contribution is 2.39. The summed E-state index contributed by atoms with van der Waals surface area (Å²) in [6.45, 7) is 0. The van der Waals surface area contributed by atoms with Gasteiger partial charge in [0.15, 0.2) is 5.58 Å². The van der Waals surface area contributed by atoms with Crippen molar-refractivity contribution < 1.29 is 4.42 Å². The topological polar surface area (TPSA) is 25.2 Å².